The standard InChI is InChI=1S/C21H25N3O/c25-21(9-8-20-10-12-22-13-11-20)24-17-15-23(16-18-24)14-4-7-19-5-2-1-3-6-19/h1-7,10-13H,8-9,14-18H2. The Morgan fingerprint density at radius 1 is 1.00 bits per heavy atom. The SMILES string of the molecule is O=C(CCc1ccncc1)N1CCN(CC=Cc2ccccc2)CC1. The van der Waals surface area contributed by atoms with Gasteiger partial charge in [0.1, 0.15) is 0 Å². The number of piperazine rings is 1. The van der Waals surface area contributed by atoms with E-state index in [1.165, 1.54) is 11.1 Å². The van der Waals surface area contributed by atoms with Crippen LogP contribution in [-0.4, -0.2) is 53.4 Å². The third kappa shape index (κ3) is 5.54. The van der Waals surface area contributed by atoms with E-state index in [1.807, 2.05) is 23.1 Å². The van der Waals surface area contributed by atoms with Crippen LogP contribution in [0.25, 0.3) is 6.08 Å². The van der Waals surface area contributed by atoms with E-state index in [-0.39, 0.29) is 5.91 Å². The molecule has 2 heterocycles. The van der Waals surface area contributed by atoms with Crippen molar-refractivity contribution in [1.82, 2.24) is 14.8 Å². The number of hydrogen-bond acceptors (Lipinski definition) is 3. The van der Waals surface area contributed by atoms with Crippen LogP contribution in [0.4, 0.5) is 0 Å². The van der Waals surface area contributed by atoms with Gasteiger partial charge in [-0.3, -0.25) is 14.7 Å². The van der Waals surface area contributed by atoms with E-state index >= 15 is 0 Å². The van der Waals surface area contributed by atoms with Crippen LogP contribution >= 0.6 is 0 Å². The molecule has 0 saturated carbocycles. The first-order valence-corrected chi connectivity index (χ1v) is 8.92. The van der Waals surface area contributed by atoms with Gasteiger partial charge < -0.3 is 4.90 Å². The van der Waals surface area contributed by atoms with E-state index in [0.29, 0.717) is 6.42 Å². The van der Waals surface area contributed by atoms with Crippen LogP contribution in [0.2, 0.25) is 0 Å². The molecule has 0 spiro atoms. The molecule has 0 atom stereocenters. The lowest BCUT2D eigenvalue weighted by atomic mass is 10.1. The van der Waals surface area contributed by atoms with E-state index in [4.69, 9.17) is 0 Å². The summed E-state index contributed by atoms with van der Waals surface area (Å²) in [5, 5.41) is 0. The molecule has 4 heteroatoms. The summed E-state index contributed by atoms with van der Waals surface area (Å²) in [6.07, 6.45) is 9.30. The first-order valence-electron chi connectivity index (χ1n) is 8.92. The van der Waals surface area contributed by atoms with Gasteiger partial charge in [-0.2, -0.15) is 0 Å². The minimum Gasteiger partial charge on any atom is -0.340 e. The molecule has 0 unspecified atom stereocenters. The predicted molar refractivity (Wildman–Crippen MR) is 101 cm³/mol. The van der Waals surface area contributed by atoms with Gasteiger partial charge in [0.25, 0.3) is 0 Å². The van der Waals surface area contributed by atoms with Gasteiger partial charge in [-0.05, 0) is 29.7 Å². The molecule has 1 fully saturated rings. The number of nitrogens with zero attached hydrogens (tertiary/aromatic N) is 3. The number of benzene rings is 1. The quantitative estimate of drug-likeness (QED) is 0.814. The predicted octanol–water partition coefficient (Wildman–Crippen LogP) is 2.87. The molecule has 1 amide bonds. The molecule has 3 rings (SSSR count). The first-order chi connectivity index (χ1) is 12.3. The molecular weight excluding hydrogens is 310 g/mol. The van der Waals surface area contributed by atoms with Gasteiger partial charge in [-0.25, -0.2) is 0 Å². The summed E-state index contributed by atoms with van der Waals surface area (Å²) < 4.78 is 0. The lowest BCUT2D eigenvalue weighted by Crippen LogP contribution is -2.48. The minimum absolute atomic E-state index is 0.260. The number of hydrogen-bond donors (Lipinski definition) is 0. The molecule has 4 nitrogen and oxygen atoms in total. The maximum atomic E-state index is 12.4. The molecule has 1 saturated heterocycles. The molecule has 0 radical (unpaired) electrons. The molecule has 1 aromatic heterocycles. The highest BCUT2D eigenvalue weighted by Crippen LogP contribution is 2.08. The molecule has 0 N–H and O–H groups in total. The fourth-order valence-corrected chi connectivity index (χ4v) is 3.04. The monoisotopic (exact) mass is 335 g/mol. The van der Waals surface area contributed by atoms with Gasteiger partial charge in [-0.15, -0.1) is 0 Å². The average Bonchev–Trinajstić information content (AvgIpc) is 2.68. The first kappa shape index (κ1) is 17.4. The van der Waals surface area contributed by atoms with Crippen LogP contribution in [0, 0.1) is 0 Å². The molecule has 25 heavy (non-hydrogen) atoms. The lowest BCUT2D eigenvalue weighted by Gasteiger charge is -2.34. The Hall–Kier alpha value is -2.46. The van der Waals surface area contributed by atoms with Gasteiger partial charge in [0.15, 0.2) is 0 Å². The number of carbonyl (C=O) groups excluding carboxylic acids is 1. The number of aromatic nitrogens is 1. The number of amides is 1. The van der Waals surface area contributed by atoms with Crippen molar-refractivity contribution in [3.05, 3.63) is 72.1 Å². The summed E-state index contributed by atoms with van der Waals surface area (Å²) >= 11 is 0. The van der Waals surface area contributed by atoms with Crippen molar-refractivity contribution in [2.75, 3.05) is 32.7 Å². The topological polar surface area (TPSA) is 36.4 Å². The Balaban J connectivity index is 1.38. The van der Waals surface area contributed by atoms with Crippen molar-refractivity contribution in [3.63, 3.8) is 0 Å². The zero-order chi connectivity index (χ0) is 17.3. The summed E-state index contributed by atoms with van der Waals surface area (Å²) in [4.78, 5) is 20.8. The molecule has 2 aromatic rings. The van der Waals surface area contributed by atoms with Gasteiger partial charge in [0.05, 0.1) is 0 Å². The van der Waals surface area contributed by atoms with Crippen LogP contribution in [0.3, 0.4) is 0 Å². The average molecular weight is 335 g/mol. The van der Waals surface area contributed by atoms with Crippen molar-refractivity contribution in [1.29, 1.82) is 0 Å². The molecule has 1 aliphatic rings. The van der Waals surface area contributed by atoms with Crippen LogP contribution in [0.15, 0.2) is 60.9 Å². The van der Waals surface area contributed by atoms with Crippen LogP contribution in [-0.2, 0) is 11.2 Å². The maximum Gasteiger partial charge on any atom is 0.222 e. The van der Waals surface area contributed by atoms with Gasteiger partial charge in [0.2, 0.25) is 5.91 Å². The Bertz CT molecular complexity index is 677. The smallest absolute Gasteiger partial charge is 0.222 e. The van der Waals surface area contributed by atoms with Crippen LogP contribution in [0.5, 0.6) is 0 Å². The number of aryl methyl sites for hydroxylation is 1. The normalized spacial score (nSPS) is 15.6. The van der Waals surface area contributed by atoms with Crippen molar-refractivity contribution in [2.24, 2.45) is 0 Å². The summed E-state index contributed by atoms with van der Waals surface area (Å²) in [6.45, 7) is 4.48. The zero-order valence-corrected chi connectivity index (χ0v) is 14.6. The van der Waals surface area contributed by atoms with Gasteiger partial charge >= 0.3 is 0 Å². The highest BCUT2D eigenvalue weighted by Gasteiger charge is 2.19. The van der Waals surface area contributed by atoms with E-state index < -0.39 is 0 Å². The Labute approximate surface area is 149 Å². The van der Waals surface area contributed by atoms with Crippen molar-refractivity contribution in [2.45, 2.75) is 12.8 Å². The highest BCUT2D eigenvalue weighted by atomic mass is 16.2. The fraction of sp³-hybridized carbons (Fsp3) is 0.333. The van der Waals surface area contributed by atoms with Crippen molar-refractivity contribution < 1.29 is 4.79 Å². The lowest BCUT2D eigenvalue weighted by molar-refractivity contribution is -0.132. The number of carbonyl (C=O) groups is 1. The third-order valence-corrected chi connectivity index (χ3v) is 4.58. The van der Waals surface area contributed by atoms with Crippen molar-refractivity contribution in [3.8, 4) is 0 Å². The number of rotatable bonds is 6. The summed E-state index contributed by atoms with van der Waals surface area (Å²) in [6, 6.07) is 14.3. The fourth-order valence-electron chi connectivity index (χ4n) is 3.04. The second kappa shape index (κ2) is 9.14. The van der Waals surface area contributed by atoms with E-state index in [1.54, 1.807) is 12.4 Å². The van der Waals surface area contributed by atoms with Crippen LogP contribution < -0.4 is 0 Å². The third-order valence-electron chi connectivity index (χ3n) is 4.58. The molecule has 1 aliphatic heterocycles. The van der Waals surface area contributed by atoms with E-state index in [9.17, 15) is 4.79 Å². The molecular formula is C21H25N3O. The van der Waals surface area contributed by atoms with Gasteiger partial charge in [-0.1, -0.05) is 42.5 Å². The largest absolute Gasteiger partial charge is 0.340 e. The summed E-state index contributed by atoms with van der Waals surface area (Å²) in [5.41, 5.74) is 2.40. The Morgan fingerprint density at radius 2 is 1.72 bits per heavy atom. The maximum absolute atomic E-state index is 12.4. The molecule has 0 bridgehead atoms. The summed E-state index contributed by atoms with van der Waals surface area (Å²) in [7, 11) is 0. The van der Waals surface area contributed by atoms with Crippen molar-refractivity contribution >= 4 is 12.0 Å². The summed E-state index contributed by atoms with van der Waals surface area (Å²) in [5.74, 6) is 0.260. The molecule has 130 valence electrons. The Morgan fingerprint density at radius 3 is 2.44 bits per heavy atom. The Kier molecular flexibility index (Phi) is 6.35. The van der Waals surface area contributed by atoms with Gasteiger partial charge in [0, 0.05) is 51.5 Å². The number of pyridine rings is 1. The van der Waals surface area contributed by atoms with E-state index in [2.05, 4.69) is 46.3 Å². The highest BCUT2D eigenvalue weighted by molar-refractivity contribution is 5.76. The second-order valence-corrected chi connectivity index (χ2v) is 6.35. The second-order valence-electron chi connectivity index (χ2n) is 6.35. The molecule has 0 aliphatic carbocycles. The minimum atomic E-state index is 0.260. The zero-order valence-electron chi connectivity index (χ0n) is 14.6. The van der Waals surface area contributed by atoms with E-state index in [0.717, 1.165) is 39.1 Å². The molecule has 1 aromatic carbocycles. The van der Waals surface area contributed by atoms with Crippen LogP contribution in [0.1, 0.15) is 17.5 Å².